The number of fused-ring (bicyclic) bond motifs is 1. The molecular weight excluding hydrogens is 341 g/mol. The predicted octanol–water partition coefficient (Wildman–Crippen LogP) is 3.58. The van der Waals surface area contributed by atoms with Crippen LogP contribution >= 0.6 is 11.8 Å². The third-order valence-electron chi connectivity index (χ3n) is 3.73. The molecule has 6 nitrogen and oxygen atoms in total. The Labute approximate surface area is 147 Å². The van der Waals surface area contributed by atoms with E-state index in [4.69, 9.17) is 4.74 Å². The van der Waals surface area contributed by atoms with Gasteiger partial charge in [-0.05, 0) is 18.2 Å². The van der Waals surface area contributed by atoms with E-state index in [0.717, 1.165) is 11.4 Å². The van der Waals surface area contributed by atoms with Crippen LogP contribution < -0.4 is 4.74 Å². The van der Waals surface area contributed by atoms with Crippen LogP contribution in [0, 0.1) is 5.82 Å². The van der Waals surface area contributed by atoms with Crippen molar-refractivity contribution in [1.82, 2.24) is 24.5 Å². The molecule has 0 aliphatic heterocycles. The highest BCUT2D eigenvalue weighted by Gasteiger charge is 2.12. The lowest BCUT2D eigenvalue weighted by Gasteiger charge is -2.05. The van der Waals surface area contributed by atoms with Crippen molar-refractivity contribution in [1.29, 1.82) is 0 Å². The van der Waals surface area contributed by atoms with Gasteiger partial charge < -0.3 is 14.3 Å². The number of aromatic amines is 1. The third-order valence-corrected chi connectivity index (χ3v) is 4.61. The summed E-state index contributed by atoms with van der Waals surface area (Å²) in [5, 5.41) is 0.699. The van der Waals surface area contributed by atoms with Crippen LogP contribution in [0.5, 0.6) is 5.75 Å². The number of halogens is 1. The fourth-order valence-corrected chi connectivity index (χ4v) is 3.35. The van der Waals surface area contributed by atoms with Gasteiger partial charge in [0.2, 0.25) is 0 Å². The number of nitrogens with zero attached hydrogens (tertiary/aromatic N) is 4. The largest absolute Gasteiger partial charge is 0.495 e. The summed E-state index contributed by atoms with van der Waals surface area (Å²) in [6.45, 7) is 0. The zero-order valence-electron chi connectivity index (χ0n) is 13.3. The number of aromatic nitrogens is 5. The Morgan fingerprint density at radius 3 is 3.04 bits per heavy atom. The minimum Gasteiger partial charge on any atom is -0.495 e. The number of rotatable bonds is 5. The van der Waals surface area contributed by atoms with Gasteiger partial charge in [-0.3, -0.25) is 4.98 Å². The molecule has 0 radical (unpaired) electrons. The Hall–Kier alpha value is -2.87. The van der Waals surface area contributed by atoms with Crippen molar-refractivity contribution in [2.75, 3.05) is 7.11 Å². The van der Waals surface area contributed by atoms with Gasteiger partial charge in [-0.2, -0.15) is 0 Å². The zero-order chi connectivity index (χ0) is 17.2. The highest BCUT2D eigenvalue weighted by atomic mass is 32.2. The van der Waals surface area contributed by atoms with E-state index in [-0.39, 0.29) is 5.82 Å². The molecular formula is C17H14FN5OS. The van der Waals surface area contributed by atoms with Crippen molar-refractivity contribution < 1.29 is 9.13 Å². The maximum Gasteiger partial charge on any atom is 0.166 e. The second-order valence-corrected chi connectivity index (χ2v) is 6.24. The molecule has 4 aromatic rings. The van der Waals surface area contributed by atoms with E-state index in [2.05, 4.69) is 19.9 Å². The standard InChI is InChI=1S/C17H14FN5OS/c1-24-16-3-2-4-20-14(16)9-25-17-21-12-7-11(18)15(8-13(12)22-17)23-6-5-19-10-23/h2-8,10H,9H2,1H3,(H,21,22). The summed E-state index contributed by atoms with van der Waals surface area (Å²) in [6.07, 6.45) is 6.58. The molecule has 0 aliphatic carbocycles. The van der Waals surface area contributed by atoms with Crippen LogP contribution in [0.25, 0.3) is 16.7 Å². The van der Waals surface area contributed by atoms with Crippen molar-refractivity contribution in [3.05, 3.63) is 60.7 Å². The number of thioether (sulfide) groups is 1. The summed E-state index contributed by atoms with van der Waals surface area (Å²) in [5.74, 6) is 0.998. The molecule has 0 atom stereocenters. The Kier molecular flexibility index (Phi) is 4.10. The van der Waals surface area contributed by atoms with Gasteiger partial charge in [-0.15, -0.1) is 0 Å². The lowest BCUT2D eigenvalue weighted by atomic mass is 10.2. The molecule has 8 heteroatoms. The van der Waals surface area contributed by atoms with E-state index in [1.165, 1.54) is 17.8 Å². The number of nitrogens with one attached hydrogen (secondary N) is 1. The molecule has 0 aliphatic rings. The first-order valence-electron chi connectivity index (χ1n) is 7.53. The van der Waals surface area contributed by atoms with Gasteiger partial charge in [0.25, 0.3) is 0 Å². The summed E-state index contributed by atoms with van der Waals surface area (Å²) < 4.78 is 21.2. The number of ether oxygens (including phenoxy) is 1. The molecule has 0 unspecified atom stereocenters. The lowest BCUT2D eigenvalue weighted by Crippen LogP contribution is -1.94. The maximum atomic E-state index is 14.3. The predicted molar refractivity (Wildman–Crippen MR) is 93.5 cm³/mol. The summed E-state index contributed by atoms with van der Waals surface area (Å²) in [6, 6.07) is 6.85. The number of imidazole rings is 2. The second-order valence-electron chi connectivity index (χ2n) is 5.27. The molecule has 0 amide bonds. The first kappa shape index (κ1) is 15.6. The summed E-state index contributed by atoms with van der Waals surface area (Å²) in [5.41, 5.74) is 2.60. The Morgan fingerprint density at radius 1 is 1.32 bits per heavy atom. The lowest BCUT2D eigenvalue weighted by molar-refractivity contribution is 0.409. The number of hydrogen-bond acceptors (Lipinski definition) is 5. The third kappa shape index (κ3) is 3.08. The van der Waals surface area contributed by atoms with Gasteiger partial charge in [0, 0.05) is 30.4 Å². The fourth-order valence-electron chi connectivity index (χ4n) is 2.52. The van der Waals surface area contributed by atoms with Crippen LogP contribution in [0.3, 0.4) is 0 Å². The quantitative estimate of drug-likeness (QED) is 0.554. The van der Waals surface area contributed by atoms with Gasteiger partial charge in [-0.25, -0.2) is 14.4 Å². The molecule has 0 bridgehead atoms. The number of hydrogen-bond donors (Lipinski definition) is 1. The van der Waals surface area contributed by atoms with E-state index >= 15 is 0 Å². The Balaban J connectivity index is 1.61. The van der Waals surface area contributed by atoms with Gasteiger partial charge in [-0.1, -0.05) is 11.8 Å². The smallest absolute Gasteiger partial charge is 0.166 e. The van der Waals surface area contributed by atoms with Gasteiger partial charge in [0.1, 0.15) is 11.6 Å². The van der Waals surface area contributed by atoms with E-state index < -0.39 is 0 Å². The molecule has 3 heterocycles. The van der Waals surface area contributed by atoms with E-state index in [9.17, 15) is 4.39 Å². The Morgan fingerprint density at radius 2 is 2.24 bits per heavy atom. The van der Waals surface area contributed by atoms with E-state index in [1.54, 1.807) is 42.7 Å². The van der Waals surface area contributed by atoms with Crippen LogP contribution in [-0.2, 0) is 5.75 Å². The first-order chi connectivity index (χ1) is 12.2. The van der Waals surface area contributed by atoms with Crippen LogP contribution in [0.4, 0.5) is 4.39 Å². The molecule has 1 N–H and O–H groups in total. The van der Waals surface area contributed by atoms with E-state index in [0.29, 0.717) is 27.6 Å². The molecule has 4 rings (SSSR count). The van der Waals surface area contributed by atoms with Crippen LogP contribution in [0.15, 0.2) is 54.3 Å². The monoisotopic (exact) mass is 355 g/mol. The van der Waals surface area contributed by atoms with Gasteiger partial charge in [0.05, 0.1) is 35.9 Å². The van der Waals surface area contributed by atoms with Gasteiger partial charge in [0.15, 0.2) is 5.16 Å². The molecule has 0 fully saturated rings. The van der Waals surface area contributed by atoms with Crippen LogP contribution in [0.1, 0.15) is 5.69 Å². The summed E-state index contributed by atoms with van der Waals surface area (Å²) >= 11 is 1.49. The van der Waals surface area contributed by atoms with Crippen molar-refractivity contribution in [3.8, 4) is 11.4 Å². The molecule has 3 aromatic heterocycles. The average molecular weight is 355 g/mol. The maximum absolute atomic E-state index is 14.3. The zero-order valence-corrected chi connectivity index (χ0v) is 14.1. The highest BCUT2D eigenvalue weighted by molar-refractivity contribution is 7.98. The summed E-state index contributed by atoms with van der Waals surface area (Å²) in [7, 11) is 1.62. The second kappa shape index (κ2) is 6.56. The number of pyridine rings is 1. The molecule has 126 valence electrons. The van der Waals surface area contributed by atoms with Crippen molar-refractivity contribution in [3.63, 3.8) is 0 Å². The minimum atomic E-state index is -0.336. The molecule has 0 saturated heterocycles. The molecule has 25 heavy (non-hydrogen) atoms. The minimum absolute atomic E-state index is 0.336. The summed E-state index contributed by atoms with van der Waals surface area (Å²) in [4.78, 5) is 15.9. The Bertz CT molecular complexity index is 1020. The SMILES string of the molecule is COc1cccnc1CSc1nc2cc(-n3ccnc3)c(F)cc2[nH]1. The number of benzene rings is 1. The molecule has 0 saturated carbocycles. The first-order valence-corrected chi connectivity index (χ1v) is 8.51. The fraction of sp³-hybridized carbons (Fsp3) is 0.118. The number of H-pyrrole nitrogens is 1. The van der Waals surface area contributed by atoms with Crippen LogP contribution in [0.2, 0.25) is 0 Å². The topological polar surface area (TPSA) is 68.6 Å². The molecule has 0 spiro atoms. The van der Waals surface area contributed by atoms with Crippen molar-refractivity contribution in [2.24, 2.45) is 0 Å². The molecule has 1 aromatic carbocycles. The van der Waals surface area contributed by atoms with E-state index in [1.807, 2.05) is 12.1 Å². The number of methoxy groups -OCH3 is 1. The highest BCUT2D eigenvalue weighted by Crippen LogP contribution is 2.28. The van der Waals surface area contributed by atoms with Crippen molar-refractivity contribution in [2.45, 2.75) is 10.9 Å². The van der Waals surface area contributed by atoms with Gasteiger partial charge >= 0.3 is 0 Å². The van der Waals surface area contributed by atoms with Crippen molar-refractivity contribution >= 4 is 22.8 Å². The normalized spacial score (nSPS) is 11.1. The van der Waals surface area contributed by atoms with Crippen LogP contribution in [-0.4, -0.2) is 31.6 Å². The average Bonchev–Trinajstić information content (AvgIpc) is 3.28.